The molecule has 0 spiro atoms. The van der Waals surface area contributed by atoms with Crippen molar-refractivity contribution in [2.24, 2.45) is 7.05 Å². The number of amides is 1. The molecule has 0 aliphatic carbocycles. The second-order valence-electron chi connectivity index (χ2n) is 8.02. The summed E-state index contributed by atoms with van der Waals surface area (Å²) in [6.45, 7) is 3.10. The van der Waals surface area contributed by atoms with Gasteiger partial charge >= 0.3 is 12.4 Å². The predicted octanol–water partition coefficient (Wildman–Crippen LogP) is 3.77. The van der Waals surface area contributed by atoms with Crippen LogP contribution in [0, 0.1) is 0 Å². The maximum atomic E-state index is 13.0. The lowest BCUT2D eigenvalue weighted by atomic mass is 9.86. The molecule has 9 nitrogen and oxygen atoms in total. The topological polar surface area (TPSA) is 109 Å². The number of alkyl halides is 6. The predicted molar refractivity (Wildman–Crippen MR) is 111 cm³/mol. The molecular formula is C21H18F6N6O3. The highest BCUT2D eigenvalue weighted by Gasteiger charge is 2.56. The molecule has 0 saturated carbocycles. The second-order valence-corrected chi connectivity index (χ2v) is 8.02. The minimum Gasteiger partial charge on any atom is -0.419 e. The van der Waals surface area contributed by atoms with Crippen LogP contribution in [-0.4, -0.2) is 54.8 Å². The van der Waals surface area contributed by atoms with Crippen molar-refractivity contribution in [1.82, 2.24) is 24.9 Å². The maximum absolute atomic E-state index is 13.0. The van der Waals surface area contributed by atoms with Crippen molar-refractivity contribution < 1.29 is 40.7 Å². The maximum Gasteiger partial charge on any atom is 0.433 e. The first-order valence-corrected chi connectivity index (χ1v) is 10.3. The zero-order valence-electron chi connectivity index (χ0n) is 18.4. The summed E-state index contributed by atoms with van der Waals surface area (Å²) in [5, 5.41) is 24.3. The first kappa shape index (κ1) is 25.2. The van der Waals surface area contributed by atoms with Gasteiger partial charge in [-0.1, -0.05) is 6.08 Å². The number of nitrogens with zero attached hydrogens (tertiary/aromatic N) is 5. The summed E-state index contributed by atoms with van der Waals surface area (Å²) in [7, 11) is 1.56. The zero-order valence-corrected chi connectivity index (χ0v) is 18.4. The highest BCUT2D eigenvalue weighted by molar-refractivity contribution is 5.91. The largest absolute Gasteiger partial charge is 0.433 e. The number of hydrogen-bond acceptors (Lipinski definition) is 7. The first-order chi connectivity index (χ1) is 16.8. The number of aromatic nitrogens is 4. The molecule has 192 valence electrons. The average molecular weight is 516 g/mol. The molecule has 2 N–H and O–H groups in total. The van der Waals surface area contributed by atoms with Gasteiger partial charge in [-0.2, -0.15) is 31.4 Å². The number of carbonyl (C=O) groups is 1. The van der Waals surface area contributed by atoms with Crippen LogP contribution in [0.1, 0.15) is 17.9 Å². The van der Waals surface area contributed by atoms with E-state index in [1.54, 1.807) is 7.05 Å². The lowest BCUT2D eigenvalue weighted by molar-refractivity contribution is -0.245. The van der Waals surface area contributed by atoms with Gasteiger partial charge in [0.1, 0.15) is 11.0 Å². The number of rotatable bonds is 6. The molecule has 15 heteroatoms. The summed E-state index contributed by atoms with van der Waals surface area (Å²) in [5.74, 6) is -1.46. The minimum absolute atomic E-state index is 0.131. The van der Waals surface area contributed by atoms with Crippen molar-refractivity contribution in [2.75, 3.05) is 11.9 Å². The number of likely N-dealkylation sites (tertiary alicyclic amines) is 1. The molecule has 2 aromatic heterocycles. The van der Waals surface area contributed by atoms with E-state index in [9.17, 15) is 36.2 Å². The summed E-state index contributed by atoms with van der Waals surface area (Å²) >= 11 is 0. The molecule has 4 rings (SSSR count). The Labute approximate surface area is 199 Å². The molecule has 0 radical (unpaired) electrons. The molecule has 1 amide bonds. The van der Waals surface area contributed by atoms with Gasteiger partial charge in [0.25, 0.3) is 5.89 Å². The molecule has 1 saturated heterocycles. The van der Waals surface area contributed by atoms with Crippen molar-refractivity contribution in [1.29, 1.82) is 0 Å². The Morgan fingerprint density at radius 2 is 1.86 bits per heavy atom. The van der Waals surface area contributed by atoms with E-state index < -0.39 is 42.0 Å². The van der Waals surface area contributed by atoms with Crippen LogP contribution >= 0.6 is 0 Å². The second kappa shape index (κ2) is 8.65. The normalized spacial score (nSPS) is 19.6. The van der Waals surface area contributed by atoms with Crippen LogP contribution in [-0.2, 0) is 23.4 Å². The van der Waals surface area contributed by atoms with Crippen LogP contribution in [0.5, 0.6) is 0 Å². The van der Waals surface area contributed by atoms with Crippen LogP contribution in [0.15, 0.2) is 47.5 Å². The summed E-state index contributed by atoms with van der Waals surface area (Å²) in [5.41, 5.74) is -2.14. The molecule has 0 unspecified atom stereocenters. The van der Waals surface area contributed by atoms with Crippen molar-refractivity contribution in [2.45, 2.75) is 30.4 Å². The molecule has 1 fully saturated rings. The van der Waals surface area contributed by atoms with Crippen molar-refractivity contribution in [3.05, 3.63) is 54.6 Å². The fraction of sp³-hybridized carbons (Fsp3) is 0.333. The number of aliphatic hydroxyl groups excluding tert-OH is 1. The van der Waals surface area contributed by atoms with Crippen molar-refractivity contribution in [3.63, 3.8) is 0 Å². The third kappa shape index (κ3) is 4.41. The first-order valence-electron chi connectivity index (χ1n) is 10.3. The molecule has 36 heavy (non-hydrogen) atoms. The highest BCUT2D eigenvalue weighted by Crippen LogP contribution is 2.41. The van der Waals surface area contributed by atoms with E-state index >= 15 is 0 Å². The Bertz CT molecular complexity index is 1280. The van der Waals surface area contributed by atoms with Gasteiger partial charge in [-0.15, -0.1) is 16.8 Å². The van der Waals surface area contributed by atoms with Crippen LogP contribution in [0.4, 0.5) is 37.8 Å². The van der Waals surface area contributed by atoms with Gasteiger partial charge in [0.15, 0.2) is 5.82 Å². The van der Waals surface area contributed by atoms with Crippen LogP contribution in [0.3, 0.4) is 0 Å². The number of halogens is 6. The van der Waals surface area contributed by atoms with Crippen LogP contribution in [0.25, 0.3) is 11.5 Å². The molecule has 1 aliphatic heterocycles. The Kier molecular flexibility index (Phi) is 6.06. The SMILES string of the molecule is C=C[C@]1(c2nnc(-c3cn(C)nc3Nc3ccc(C(F)(F)F)cc3)o2)CCN([C@H](O)C(F)(F)F)C1=O. The van der Waals surface area contributed by atoms with E-state index in [-0.39, 0.29) is 40.2 Å². The monoisotopic (exact) mass is 516 g/mol. The molecule has 2 atom stereocenters. The van der Waals surface area contributed by atoms with E-state index in [0.717, 1.165) is 18.2 Å². The molecule has 1 aliphatic rings. The van der Waals surface area contributed by atoms with Crippen LogP contribution < -0.4 is 5.32 Å². The number of nitrogens with one attached hydrogen (secondary N) is 1. The van der Waals surface area contributed by atoms with Crippen molar-refractivity contribution in [3.8, 4) is 11.5 Å². The summed E-state index contributed by atoms with van der Waals surface area (Å²) in [6.07, 6.45) is -10.2. The molecule has 3 aromatic rings. The molecule has 3 heterocycles. The van der Waals surface area contributed by atoms with Gasteiger partial charge in [-0.05, 0) is 30.7 Å². The van der Waals surface area contributed by atoms with E-state index in [4.69, 9.17) is 4.42 Å². The van der Waals surface area contributed by atoms with E-state index in [1.807, 2.05) is 0 Å². The van der Waals surface area contributed by atoms with Crippen LogP contribution in [0.2, 0.25) is 0 Å². The van der Waals surface area contributed by atoms with Crippen molar-refractivity contribution >= 4 is 17.4 Å². The van der Waals surface area contributed by atoms with Gasteiger partial charge in [-0.25, -0.2) is 0 Å². The number of aryl methyl sites for hydroxylation is 1. The number of benzene rings is 1. The highest BCUT2D eigenvalue weighted by atomic mass is 19.4. The summed E-state index contributed by atoms with van der Waals surface area (Å²) < 4.78 is 84.4. The van der Waals surface area contributed by atoms with E-state index in [1.165, 1.54) is 23.0 Å². The fourth-order valence-corrected chi connectivity index (χ4v) is 3.78. The van der Waals surface area contributed by atoms with Gasteiger partial charge < -0.3 is 19.7 Å². The summed E-state index contributed by atoms with van der Waals surface area (Å²) in [6, 6.07) is 4.17. The number of carbonyl (C=O) groups excluding carboxylic acids is 1. The third-order valence-corrected chi connectivity index (χ3v) is 5.67. The van der Waals surface area contributed by atoms with Gasteiger partial charge in [0.05, 0.1) is 5.56 Å². The lowest BCUT2D eigenvalue weighted by Crippen LogP contribution is -2.49. The average Bonchev–Trinajstić information content (AvgIpc) is 3.50. The number of hydrogen-bond donors (Lipinski definition) is 2. The summed E-state index contributed by atoms with van der Waals surface area (Å²) in [4.78, 5) is 13.1. The van der Waals surface area contributed by atoms with E-state index in [0.29, 0.717) is 0 Å². The Morgan fingerprint density at radius 1 is 1.19 bits per heavy atom. The number of aliphatic hydroxyl groups is 1. The molecular weight excluding hydrogens is 498 g/mol. The standard InChI is InChI=1S/C21H18F6N6O3/c1-3-19(8-9-33(17(19)34)18(35)21(25,26)27)16-30-29-15(36-16)13-10-32(2)31-14(13)28-12-6-4-11(5-7-12)20(22,23)24/h3-7,10,18,35H,1,8-9H2,2H3,(H,28,31)/t18-,19-/m1/s1. The van der Waals surface area contributed by atoms with Gasteiger partial charge in [0, 0.05) is 25.5 Å². The smallest absolute Gasteiger partial charge is 0.419 e. The Morgan fingerprint density at radius 3 is 2.44 bits per heavy atom. The third-order valence-electron chi connectivity index (χ3n) is 5.67. The molecule has 1 aromatic carbocycles. The van der Waals surface area contributed by atoms with E-state index in [2.05, 4.69) is 27.2 Å². The Hall–Kier alpha value is -3.88. The minimum atomic E-state index is -5.05. The quantitative estimate of drug-likeness (QED) is 0.379. The lowest BCUT2D eigenvalue weighted by Gasteiger charge is -2.26. The zero-order chi connectivity index (χ0) is 26.5. The fourth-order valence-electron chi connectivity index (χ4n) is 3.78. The van der Waals surface area contributed by atoms with Gasteiger partial charge in [-0.3, -0.25) is 9.48 Å². The molecule has 0 bridgehead atoms. The Balaban J connectivity index is 1.62. The van der Waals surface area contributed by atoms with Gasteiger partial charge in [0.2, 0.25) is 18.0 Å². The number of anilines is 2.